The lowest BCUT2D eigenvalue weighted by atomic mass is 10.1. The van der Waals surface area contributed by atoms with Gasteiger partial charge < -0.3 is 15.4 Å². The van der Waals surface area contributed by atoms with E-state index in [1.807, 2.05) is 6.92 Å². The minimum Gasteiger partial charge on any atom is -0.496 e. The van der Waals surface area contributed by atoms with Gasteiger partial charge in [-0.25, -0.2) is 0 Å². The third-order valence-corrected chi connectivity index (χ3v) is 3.92. The number of methoxy groups -OCH3 is 1. The number of anilines is 1. The van der Waals surface area contributed by atoms with Crippen LogP contribution in [-0.2, 0) is 6.18 Å². The summed E-state index contributed by atoms with van der Waals surface area (Å²) in [5, 5.41) is 16.3. The molecular formula is C18H18F3N3O4. The van der Waals surface area contributed by atoms with Crippen LogP contribution >= 0.6 is 0 Å². The third-order valence-electron chi connectivity index (χ3n) is 3.92. The van der Waals surface area contributed by atoms with Crippen molar-refractivity contribution in [3.63, 3.8) is 0 Å². The molecule has 150 valence electrons. The normalized spacial score (nSPS) is 11.0. The van der Waals surface area contributed by atoms with Crippen LogP contribution in [0.3, 0.4) is 0 Å². The fourth-order valence-corrected chi connectivity index (χ4v) is 2.45. The van der Waals surface area contributed by atoms with Gasteiger partial charge in [-0.2, -0.15) is 13.2 Å². The Kier molecular flexibility index (Phi) is 6.45. The van der Waals surface area contributed by atoms with Crippen LogP contribution in [0.1, 0.15) is 21.5 Å². The number of ether oxygens (including phenoxy) is 1. The van der Waals surface area contributed by atoms with Gasteiger partial charge in [-0.1, -0.05) is 6.07 Å². The Hall–Kier alpha value is -3.30. The number of alkyl halides is 3. The number of hydrogen-bond donors (Lipinski definition) is 2. The van der Waals surface area contributed by atoms with Crippen molar-refractivity contribution in [3.05, 3.63) is 63.2 Å². The molecule has 0 spiro atoms. The molecule has 0 aliphatic rings. The number of halogens is 3. The van der Waals surface area contributed by atoms with E-state index in [1.54, 1.807) is 18.2 Å². The first-order valence-corrected chi connectivity index (χ1v) is 8.16. The number of rotatable bonds is 7. The Labute approximate surface area is 158 Å². The molecule has 0 bridgehead atoms. The van der Waals surface area contributed by atoms with Gasteiger partial charge in [0, 0.05) is 24.7 Å². The fourth-order valence-electron chi connectivity index (χ4n) is 2.45. The lowest BCUT2D eigenvalue weighted by molar-refractivity contribution is -0.384. The van der Waals surface area contributed by atoms with Crippen molar-refractivity contribution in [1.29, 1.82) is 0 Å². The zero-order chi connectivity index (χ0) is 20.9. The lowest BCUT2D eigenvalue weighted by Gasteiger charge is -2.11. The second kappa shape index (κ2) is 8.59. The number of benzene rings is 2. The van der Waals surface area contributed by atoms with E-state index in [4.69, 9.17) is 4.74 Å². The van der Waals surface area contributed by atoms with E-state index in [0.29, 0.717) is 17.4 Å². The topological polar surface area (TPSA) is 93.5 Å². The Balaban J connectivity index is 1.98. The molecule has 0 fully saturated rings. The molecule has 0 saturated carbocycles. The number of nitrogens with one attached hydrogen (secondary N) is 2. The molecule has 0 unspecified atom stereocenters. The predicted octanol–water partition coefficient (Wildman–Crippen LogP) is 3.77. The summed E-state index contributed by atoms with van der Waals surface area (Å²) >= 11 is 0. The van der Waals surface area contributed by atoms with Crippen molar-refractivity contribution in [3.8, 4) is 5.75 Å². The number of nitrogens with zero attached hydrogens (tertiary/aromatic N) is 1. The summed E-state index contributed by atoms with van der Waals surface area (Å²) in [4.78, 5) is 22.3. The van der Waals surface area contributed by atoms with Gasteiger partial charge in [0.05, 0.1) is 17.6 Å². The maximum absolute atomic E-state index is 12.7. The van der Waals surface area contributed by atoms with Gasteiger partial charge >= 0.3 is 6.18 Å². The van der Waals surface area contributed by atoms with Gasteiger partial charge in [-0.15, -0.1) is 0 Å². The van der Waals surface area contributed by atoms with Crippen LogP contribution in [0.15, 0.2) is 36.4 Å². The van der Waals surface area contributed by atoms with E-state index in [9.17, 15) is 28.1 Å². The molecule has 0 saturated heterocycles. The zero-order valence-electron chi connectivity index (χ0n) is 15.1. The number of amides is 1. The SMILES string of the molecule is COc1cc(C(=O)NCCNc2ccc(C(F)(F)F)cc2[N+](=O)[O-])ccc1C. The molecule has 2 aromatic carbocycles. The van der Waals surface area contributed by atoms with E-state index < -0.39 is 22.4 Å². The highest BCUT2D eigenvalue weighted by Crippen LogP contribution is 2.34. The first-order valence-electron chi connectivity index (χ1n) is 8.16. The summed E-state index contributed by atoms with van der Waals surface area (Å²) in [6.45, 7) is 2.02. The molecule has 0 atom stereocenters. The van der Waals surface area contributed by atoms with Crippen molar-refractivity contribution in [2.75, 3.05) is 25.5 Å². The molecule has 10 heteroatoms. The Morgan fingerprint density at radius 3 is 2.50 bits per heavy atom. The summed E-state index contributed by atoms with van der Waals surface area (Å²) in [6, 6.07) is 7.16. The van der Waals surface area contributed by atoms with E-state index in [1.165, 1.54) is 7.11 Å². The van der Waals surface area contributed by atoms with Gasteiger partial charge in [-0.05, 0) is 36.8 Å². The largest absolute Gasteiger partial charge is 0.496 e. The molecule has 0 radical (unpaired) electrons. The first kappa shape index (κ1) is 21.0. The van der Waals surface area contributed by atoms with Crippen LogP contribution in [-0.4, -0.2) is 31.0 Å². The van der Waals surface area contributed by atoms with Crippen molar-refractivity contribution in [2.45, 2.75) is 13.1 Å². The average Bonchev–Trinajstić information content (AvgIpc) is 2.64. The molecule has 0 aliphatic heterocycles. The molecular weight excluding hydrogens is 379 g/mol. The molecule has 0 aromatic heterocycles. The minimum absolute atomic E-state index is 0.0655. The van der Waals surface area contributed by atoms with E-state index >= 15 is 0 Å². The number of nitro groups is 1. The number of nitro benzene ring substituents is 1. The summed E-state index contributed by atoms with van der Waals surface area (Å²) in [5.74, 6) is 0.188. The standard InChI is InChI=1S/C18H18F3N3O4/c1-11-3-4-12(9-16(11)28-2)17(25)23-8-7-22-14-6-5-13(18(19,20)21)10-15(14)24(26)27/h3-6,9-10,22H,7-8H2,1-2H3,(H,23,25). The van der Waals surface area contributed by atoms with Gasteiger partial charge in [0.2, 0.25) is 0 Å². The lowest BCUT2D eigenvalue weighted by Crippen LogP contribution is -2.28. The van der Waals surface area contributed by atoms with Crippen LogP contribution in [0, 0.1) is 17.0 Å². The Bertz CT molecular complexity index is 885. The van der Waals surface area contributed by atoms with E-state index in [0.717, 1.165) is 17.7 Å². The Morgan fingerprint density at radius 2 is 1.89 bits per heavy atom. The number of aryl methyl sites for hydroxylation is 1. The quantitative estimate of drug-likeness (QED) is 0.421. The van der Waals surface area contributed by atoms with Crippen molar-refractivity contribution < 1.29 is 27.6 Å². The highest BCUT2D eigenvalue weighted by molar-refractivity contribution is 5.94. The second-order valence-corrected chi connectivity index (χ2v) is 5.85. The van der Waals surface area contributed by atoms with Gasteiger partial charge in [0.1, 0.15) is 11.4 Å². The Morgan fingerprint density at radius 1 is 1.18 bits per heavy atom. The van der Waals surface area contributed by atoms with E-state index in [2.05, 4.69) is 10.6 Å². The molecule has 2 N–H and O–H groups in total. The fraction of sp³-hybridized carbons (Fsp3) is 0.278. The van der Waals surface area contributed by atoms with Crippen LogP contribution in [0.2, 0.25) is 0 Å². The highest BCUT2D eigenvalue weighted by Gasteiger charge is 2.33. The monoisotopic (exact) mass is 397 g/mol. The molecule has 28 heavy (non-hydrogen) atoms. The molecule has 1 amide bonds. The first-order chi connectivity index (χ1) is 13.1. The maximum atomic E-state index is 12.7. The van der Waals surface area contributed by atoms with Crippen molar-refractivity contribution in [2.24, 2.45) is 0 Å². The van der Waals surface area contributed by atoms with Gasteiger partial charge in [-0.3, -0.25) is 14.9 Å². The number of carbonyl (C=O) groups excluding carboxylic acids is 1. The van der Waals surface area contributed by atoms with Crippen LogP contribution in [0.5, 0.6) is 5.75 Å². The van der Waals surface area contributed by atoms with Crippen LogP contribution in [0.4, 0.5) is 24.5 Å². The molecule has 2 aromatic rings. The number of carbonyl (C=O) groups is 1. The summed E-state index contributed by atoms with van der Waals surface area (Å²) in [7, 11) is 1.49. The maximum Gasteiger partial charge on any atom is 0.416 e. The van der Waals surface area contributed by atoms with Crippen LogP contribution in [0.25, 0.3) is 0 Å². The molecule has 0 heterocycles. The molecule has 2 rings (SSSR count). The zero-order valence-corrected chi connectivity index (χ0v) is 15.1. The smallest absolute Gasteiger partial charge is 0.416 e. The third kappa shape index (κ3) is 5.12. The summed E-state index contributed by atoms with van der Waals surface area (Å²) in [6.07, 6.45) is -4.67. The predicted molar refractivity (Wildman–Crippen MR) is 96.7 cm³/mol. The summed E-state index contributed by atoms with van der Waals surface area (Å²) in [5.41, 5.74) is -0.613. The molecule has 0 aliphatic carbocycles. The van der Waals surface area contributed by atoms with Crippen LogP contribution < -0.4 is 15.4 Å². The van der Waals surface area contributed by atoms with Crippen molar-refractivity contribution in [1.82, 2.24) is 5.32 Å². The highest BCUT2D eigenvalue weighted by atomic mass is 19.4. The van der Waals surface area contributed by atoms with E-state index in [-0.39, 0.29) is 24.7 Å². The second-order valence-electron chi connectivity index (χ2n) is 5.85. The average molecular weight is 397 g/mol. The van der Waals surface area contributed by atoms with Crippen molar-refractivity contribution >= 4 is 17.3 Å². The molecule has 7 nitrogen and oxygen atoms in total. The minimum atomic E-state index is -4.67. The van der Waals surface area contributed by atoms with Gasteiger partial charge in [0.15, 0.2) is 0 Å². The number of hydrogen-bond acceptors (Lipinski definition) is 5. The van der Waals surface area contributed by atoms with Gasteiger partial charge in [0.25, 0.3) is 11.6 Å². The summed E-state index contributed by atoms with van der Waals surface area (Å²) < 4.78 is 43.2.